The van der Waals surface area contributed by atoms with Crippen LogP contribution in [0.1, 0.15) is 21.6 Å². The first kappa shape index (κ1) is 25.0. The van der Waals surface area contributed by atoms with Gasteiger partial charge in [-0.3, -0.25) is 9.69 Å². The number of benzene rings is 3. The van der Waals surface area contributed by atoms with Gasteiger partial charge in [-0.25, -0.2) is 4.39 Å². The molecule has 1 saturated heterocycles. The minimum Gasteiger partial charge on any atom is -0.336 e. The van der Waals surface area contributed by atoms with E-state index in [4.69, 9.17) is 11.6 Å². The van der Waals surface area contributed by atoms with E-state index in [9.17, 15) is 9.18 Å². The van der Waals surface area contributed by atoms with Crippen molar-refractivity contribution in [3.05, 3.63) is 119 Å². The molecule has 0 unspecified atom stereocenters. The van der Waals surface area contributed by atoms with Gasteiger partial charge in [-0.15, -0.1) is 0 Å². The van der Waals surface area contributed by atoms with E-state index in [1.165, 1.54) is 17.7 Å². The molecule has 4 nitrogen and oxygen atoms in total. The molecule has 1 aromatic heterocycles. The molecule has 3 aromatic carbocycles. The molecule has 37 heavy (non-hydrogen) atoms. The summed E-state index contributed by atoms with van der Waals surface area (Å²) < 4.78 is 16.1. The van der Waals surface area contributed by atoms with Crippen LogP contribution in [0.2, 0.25) is 5.02 Å². The maximum absolute atomic E-state index is 14.1. The van der Waals surface area contributed by atoms with Crippen LogP contribution in [0.25, 0.3) is 23.0 Å². The SMILES string of the molecule is Cc1c(C(=O)N2CCN(C/C=C/c3ccccc3)CC2)cc(-c2ccc(Cl)cc2)n1-c1cccc(F)c1. The van der Waals surface area contributed by atoms with Crippen molar-refractivity contribution in [1.29, 1.82) is 0 Å². The number of halogens is 2. The molecule has 0 aliphatic carbocycles. The Balaban J connectivity index is 1.35. The molecule has 0 spiro atoms. The zero-order chi connectivity index (χ0) is 25.8. The van der Waals surface area contributed by atoms with Crippen LogP contribution in [0.15, 0.2) is 91.0 Å². The van der Waals surface area contributed by atoms with Gasteiger partial charge >= 0.3 is 0 Å². The Morgan fingerprint density at radius 3 is 2.35 bits per heavy atom. The van der Waals surface area contributed by atoms with E-state index in [0.717, 1.165) is 36.6 Å². The molecule has 2 heterocycles. The van der Waals surface area contributed by atoms with E-state index in [0.29, 0.717) is 29.4 Å². The lowest BCUT2D eigenvalue weighted by molar-refractivity contribution is 0.0649. The Kier molecular flexibility index (Phi) is 7.54. The lowest BCUT2D eigenvalue weighted by atomic mass is 10.1. The normalized spacial score (nSPS) is 14.4. The van der Waals surface area contributed by atoms with Crippen LogP contribution in [-0.2, 0) is 0 Å². The van der Waals surface area contributed by atoms with Gasteiger partial charge in [0.05, 0.1) is 11.3 Å². The van der Waals surface area contributed by atoms with Crippen molar-refractivity contribution >= 4 is 23.6 Å². The average Bonchev–Trinajstić information content (AvgIpc) is 3.26. The van der Waals surface area contributed by atoms with Gasteiger partial charge < -0.3 is 9.47 Å². The summed E-state index contributed by atoms with van der Waals surface area (Å²) in [5.41, 5.74) is 5.02. The molecule has 0 radical (unpaired) electrons. The molecule has 5 rings (SSSR count). The lowest BCUT2D eigenvalue weighted by Gasteiger charge is -2.34. The number of carbonyl (C=O) groups is 1. The highest BCUT2D eigenvalue weighted by Crippen LogP contribution is 2.31. The van der Waals surface area contributed by atoms with Gasteiger partial charge in [-0.05, 0) is 54.4 Å². The summed E-state index contributed by atoms with van der Waals surface area (Å²) >= 11 is 6.11. The second kappa shape index (κ2) is 11.2. The molecule has 188 valence electrons. The highest BCUT2D eigenvalue weighted by Gasteiger charge is 2.26. The van der Waals surface area contributed by atoms with Crippen molar-refractivity contribution in [2.75, 3.05) is 32.7 Å². The molecule has 4 aromatic rings. The van der Waals surface area contributed by atoms with Gasteiger partial charge in [0.1, 0.15) is 5.82 Å². The molecule has 1 fully saturated rings. The summed E-state index contributed by atoms with van der Waals surface area (Å²) in [5, 5.41) is 0.636. The van der Waals surface area contributed by atoms with Crippen LogP contribution in [0, 0.1) is 12.7 Å². The predicted molar refractivity (Wildman–Crippen MR) is 149 cm³/mol. The summed E-state index contributed by atoms with van der Waals surface area (Å²) in [6.07, 6.45) is 4.31. The highest BCUT2D eigenvalue weighted by molar-refractivity contribution is 6.30. The van der Waals surface area contributed by atoms with E-state index < -0.39 is 0 Å². The first-order valence-corrected chi connectivity index (χ1v) is 12.8. The maximum atomic E-state index is 14.1. The van der Waals surface area contributed by atoms with Crippen LogP contribution in [0.5, 0.6) is 0 Å². The molecular formula is C31H29ClFN3O. The second-order valence-electron chi connectivity index (χ2n) is 9.26. The largest absolute Gasteiger partial charge is 0.336 e. The maximum Gasteiger partial charge on any atom is 0.255 e. The van der Waals surface area contributed by atoms with E-state index in [1.807, 2.05) is 71.0 Å². The number of carbonyl (C=O) groups excluding carboxylic acids is 1. The quantitative estimate of drug-likeness (QED) is 0.286. The minimum absolute atomic E-state index is 0.00217. The van der Waals surface area contributed by atoms with Crippen molar-refractivity contribution in [1.82, 2.24) is 14.4 Å². The summed E-state index contributed by atoms with van der Waals surface area (Å²) in [4.78, 5) is 17.9. The third kappa shape index (κ3) is 5.68. The Bertz CT molecular complexity index is 1400. The fourth-order valence-corrected chi connectivity index (χ4v) is 4.94. The van der Waals surface area contributed by atoms with Crippen LogP contribution >= 0.6 is 11.6 Å². The van der Waals surface area contributed by atoms with Crippen molar-refractivity contribution in [2.45, 2.75) is 6.92 Å². The Hall–Kier alpha value is -3.67. The molecule has 0 bridgehead atoms. The van der Waals surface area contributed by atoms with Gasteiger partial charge in [-0.2, -0.15) is 0 Å². The number of nitrogens with zero attached hydrogens (tertiary/aromatic N) is 3. The monoisotopic (exact) mass is 513 g/mol. The van der Waals surface area contributed by atoms with Crippen molar-refractivity contribution in [2.24, 2.45) is 0 Å². The summed E-state index contributed by atoms with van der Waals surface area (Å²) in [7, 11) is 0. The van der Waals surface area contributed by atoms with Crippen molar-refractivity contribution < 1.29 is 9.18 Å². The van der Waals surface area contributed by atoms with Gasteiger partial charge in [0, 0.05) is 49.1 Å². The molecule has 1 amide bonds. The molecule has 6 heteroatoms. The first-order valence-electron chi connectivity index (χ1n) is 12.5. The number of hydrogen-bond donors (Lipinski definition) is 0. The summed E-state index contributed by atoms with van der Waals surface area (Å²) in [6, 6.07) is 26.1. The highest BCUT2D eigenvalue weighted by atomic mass is 35.5. The van der Waals surface area contributed by atoms with Crippen molar-refractivity contribution in [3.8, 4) is 16.9 Å². The standard InChI is InChI=1S/C31H29ClFN3O/c1-23-29(31(37)35-19-17-34(18-20-35)16-6-9-24-7-3-2-4-8-24)22-30(25-12-14-26(32)15-13-25)36(23)28-11-5-10-27(33)21-28/h2-15,21-22H,16-20H2,1H3/b9-6+. The molecule has 0 N–H and O–H groups in total. The van der Waals surface area contributed by atoms with Gasteiger partial charge in [-0.1, -0.05) is 72.3 Å². The summed E-state index contributed by atoms with van der Waals surface area (Å²) in [6.45, 7) is 5.74. The first-order chi connectivity index (χ1) is 18.0. The van der Waals surface area contributed by atoms with E-state index in [2.05, 4.69) is 29.2 Å². The Labute approximate surface area is 222 Å². The zero-order valence-electron chi connectivity index (χ0n) is 20.8. The molecule has 1 aliphatic rings. The van der Waals surface area contributed by atoms with Gasteiger partial charge in [0.2, 0.25) is 0 Å². The van der Waals surface area contributed by atoms with Crippen LogP contribution < -0.4 is 0 Å². The third-order valence-electron chi connectivity index (χ3n) is 6.82. The zero-order valence-corrected chi connectivity index (χ0v) is 21.5. The van der Waals surface area contributed by atoms with Crippen LogP contribution in [0.4, 0.5) is 4.39 Å². The number of aromatic nitrogens is 1. The third-order valence-corrected chi connectivity index (χ3v) is 7.07. The summed E-state index contributed by atoms with van der Waals surface area (Å²) in [5.74, 6) is -0.319. The smallest absolute Gasteiger partial charge is 0.255 e. The molecule has 0 atom stereocenters. The topological polar surface area (TPSA) is 28.5 Å². The number of hydrogen-bond acceptors (Lipinski definition) is 2. The number of piperazine rings is 1. The predicted octanol–water partition coefficient (Wildman–Crippen LogP) is 6.72. The molecular weight excluding hydrogens is 485 g/mol. The fourth-order valence-electron chi connectivity index (χ4n) is 4.81. The Morgan fingerprint density at radius 2 is 1.65 bits per heavy atom. The van der Waals surface area contributed by atoms with Crippen molar-refractivity contribution in [3.63, 3.8) is 0 Å². The number of rotatable bonds is 6. The van der Waals surface area contributed by atoms with E-state index in [-0.39, 0.29) is 11.7 Å². The fraction of sp³-hybridized carbons (Fsp3) is 0.194. The van der Waals surface area contributed by atoms with Gasteiger partial charge in [0.15, 0.2) is 0 Å². The Morgan fingerprint density at radius 1 is 0.919 bits per heavy atom. The average molecular weight is 514 g/mol. The van der Waals surface area contributed by atoms with E-state index >= 15 is 0 Å². The molecule has 0 saturated carbocycles. The second-order valence-corrected chi connectivity index (χ2v) is 9.69. The van der Waals surface area contributed by atoms with Crippen LogP contribution in [-0.4, -0.2) is 53.0 Å². The van der Waals surface area contributed by atoms with E-state index in [1.54, 1.807) is 6.07 Å². The van der Waals surface area contributed by atoms with Gasteiger partial charge in [0.25, 0.3) is 5.91 Å². The number of amides is 1. The lowest BCUT2D eigenvalue weighted by Crippen LogP contribution is -2.48. The minimum atomic E-state index is -0.321. The van der Waals surface area contributed by atoms with Crippen LogP contribution in [0.3, 0.4) is 0 Å². The molecule has 1 aliphatic heterocycles.